The molecule has 0 bridgehead atoms. The molecule has 1 aromatic heterocycles. The van der Waals surface area contributed by atoms with Crippen LogP contribution in [-0.2, 0) is 0 Å². The second-order valence-corrected chi connectivity index (χ2v) is 5.02. The molecule has 2 aromatic rings. The Hall–Kier alpha value is -1.45. The van der Waals surface area contributed by atoms with Crippen molar-refractivity contribution in [2.75, 3.05) is 6.54 Å². The molecular formula is C14H15NOS. The molecule has 88 valence electrons. The van der Waals surface area contributed by atoms with Crippen LogP contribution >= 0.6 is 11.3 Å². The van der Waals surface area contributed by atoms with Crippen molar-refractivity contribution in [1.29, 1.82) is 0 Å². The van der Waals surface area contributed by atoms with E-state index in [4.69, 9.17) is 5.73 Å². The zero-order chi connectivity index (χ0) is 12.3. The number of rotatable bonds is 4. The third kappa shape index (κ3) is 2.62. The Morgan fingerprint density at radius 2 is 2.18 bits per heavy atom. The first-order chi connectivity index (χ1) is 8.22. The second-order valence-electron chi connectivity index (χ2n) is 4.07. The van der Waals surface area contributed by atoms with Gasteiger partial charge in [0.2, 0.25) is 5.78 Å². The van der Waals surface area contributed by atoms with Gasteiger partial charge in [0.1, 0.15) is 0 Å². The molecule has 0 aliphatic rings. The molecule has 1 aromatic carbocycles. The SMILES string of the molecule is CC(CN)c1cccc(C(=O)c2cccs2)c1. The number of carbonyl (C=O) groups excluding carboxylic acids is 1. The first kappa shape index (κ1) is 12.0. The minimum atomic E-state index is 0.0890. The van der Waals surface area contributed by atoms with E-state index in [0.29, 0.717) is 6.54 Å². The van der Waals surface area contributed by atoms with Crippen molar-refractivity contribution < 1.29 is 4.79 Å². The molecule has 1 unspecified atom stereocenters. The molecule has 1 atom stereocenters. The minimum absolute atomic E-state index is 0.0890. The predicted octanol–water partition coefficient (Wildman–Crippen LogP) is 3.04. The predicted molar refractivity (Wildman–Crippen MR) is 71.7 cm³/mol. The first-order valence-electron chi connectivity index (χ1n) is 5.60. The van der Waals surface area contributed by atoms with Crippen molar-refractivity contribution in [2.45, 2.75) is 12.8 Å². The highest BCUT2D eigenvalue weighted by Gasteiger charge is 2.11. The summed E-state index contributed by atoms with van der Waals surface area (Å²) in [6.45, 7) is 2.66. The van der Waals surface area contributed by atoms with E-state index in [1.807, 2.05) is 41.8 Å². The Labute approximate surface area is 105 Å². The lowest BCUT2D eigenvalue weighted by molar-refractivity contribution is 0.104. The molecule has 0 aliphatic carbocycles. The fourth-order valence-corrected chi connectivity index (χ4v) is 2.36. The van der Waals surface area contributed by atoms with Crippen LogP contribution in [0.5, 0.6) is 0 Å². The molecule has 17 heavy (non-hydrogen) atoms. The Kier molecular flexibility index (Phi) is 3.71. The third-order valence-corrected chi connectivity index (χ3v) is 3.69. The van der Waals surface area contributed by atoms with Crippen LogP contribution in [0.2, 0.25) is 0 Å². The number of hydrogen-bond acceptors (Lipinski definition) is 3. The van der Waals surface area contributed by atoms with Crippen LogP contribution < -0.4 is 5.73 Å². The summed E-state index contributed by atoms with van der Waals surface area (Å²) in [5.41, 5.74) is 7.50. The molecular weight excluding hydrogens is 230 g/mol. The highest BCUT2D eigenvalue weighted by atomic mass is 32.1. The lowest BCUT2D eigenvalue weighted by atomic mass is 9.97. The topological polar surface area (TPSA) is 43.1 Å². The lowest BCUT2D eigenvalue weighted by Crippen LogP contribution is -2.09. The summed E-state index contributed by atoms with van der Waals surface area (Å²) in [6, 6.07) is 11.5. The van der Waals surface area contributed by atoms with Crippen LogP contribution in [0.15, 0.2) is 41.8 Å². The molecule has 2 rings (SSSR count). The van der Waals surface area contributed by atoms with E-state index in [2.05, 4.69) is 6.92 Å². The van der Waals surface area contributed by atoms with E-state index in [1.165, 1.54) is 11.3 Å². The molecule has 2 N–H and O–H groups in total. The van der Waals surface area contributed by atoms with Crippen molar-refractivity contribution in [1.82, 2.24) is 0 Å². The van der Waals surface area contributed by atoms with Crippen molar-refractivity contribution in [2.24, 2.45) is 5.73 Å². The average molecular weight is 245 g/mol. The van der Waals surface area contributed by atoms with E-state index in [1.54, 1.807) is 0 Å². The first-order valence-corrected chi connectivity index (χ1v) is 6.48. The van der Waals surface area contributed by atoms with Crippen molar-refractivity contribution >= 4 is 17.1 Å². The van der Waals surface area contributed by atoms with Gasteiger partial charge in [-0.3, -0.25) is 4.79 Å². The Balaban J connectivity index is 2.31. The molecule has 3 heteroatoms. The van der Waals surface area contributed by atoms with Crippen molar-refractivity contribution in [3.8, 4) is 0 Å². The number of ketones is 1. The number of nitrogens with two attached hydrogens (primary N) is 1. The average Bonchev–Trinajstić information content (AvgIpc) is 2.91. The summed E-state index contributed by atoms with van der Waals surface area (Å²) < 4.78 is 0. The number of benzene rings is 1. The summed E-state index contributed by atoms with van der Waals surface area (Å²) in [4.78, 5) is 12.9. The van der Waals surface area contributed by atoms with E-state index >= 15 is 0 Å². The largest absolute Gasteiger partial charge is 0.330 e. The van der Waals surface area contributed by atoms with Crippen LogP contribution in [-0.4, -0.2) is 12.3 Å². The Morgan fingerprint density at radius 1 is 1.35 bits per heavy atom. The summed E-state index contributed by atoms with van der Waals surface area (Å²) >= 11 is 1.47. The molecule has 0 fully saturated rings. The lowest BCUT2D eigenvalue weighted by Gasteiger charge is -2.09. The zero-order valence-corrected chi connectivity index (χ0v) is 10.5. The van der Waals surface area contributed by atoms with Crippen LogP contribution in [0.4, 0.5) is 0 Å². The van der Waals surface area contributed by atoms with Gasteiger partial charge in [-0.2, -0.15) is 0 Å². The van der Waals surface area contributed by atoms with E-state index in [-0.39, 0.29) is 11.7 Å². The zero-order valence-electron chi connectivity index (χ0n) is 9.72. The van der Waals surface area contributed by atoms with Crippen molar-refractivity contribution in [3.63, 3.8) is 0 Å². The molecule has 0 spiro atoms. The molecule has 0 saturated heterocycles. The normalized spacial score (nSPS) is 12.4. The fraction of sp³-hybridized carbons (Fsp3) is 0.214. The van der Waals surface area contributed by atoms with Crippen LogP contribution in [0.3, 0.4) is 0 Å². The summed E-state index contributed by atoms with van der Waals surface area (Å²) in [7, 11) is 0. The summed E-state index contributed by atoms with van der Waals surface area (Å²) in [5.74, 6) is 0.372. The number of thiophene rings is 1. The van der Waals surface area contributed by atoms with Gasteiger partial charge in [-0.05, 0) is 35.5 Å². The minimum Gasteiger partial charge on any atom is -0.330 e. The maximum absolute atomic E-state index is 12.1. The van der Waals surface area contributed by atoms with Crippen molar-refractivity contribution in [3.05, 3.63) is 57.8 Å². The number of carbonyl (C=O) groups is 1. The Morgan fingerprint density at radius 3 is 2.82 bits per heavy atom. The van der Waals surface area contributed by atoms with Gasteiger partial charge >= 0.3 is 0 Å². The van der Waals surface area contributed by atoms with E-state index in [0.717, 1.165) is 16.0 Å². The van der Waals surface area contributed by atoms with Gasteiger partial charge in [-0.15, -0.1) is 11.3 Å². The maximum atomic E-state index is 12.1. The molecule has 0 amide bonds. The van der Waals surface area contributed by atoms with Gasteiger partial charge in [0.15, 0.2) is 0 Å². The Bertz CT molecular complexity index is 505. The van der Waals surface area contributed by atoms with Gasteiger partial charge < -0.3 is 5.73 Å². The second kappa shape index (κ2) is 5.25. The summed E-state index contributed by atoms with van der Waals surface area (Å²) in [6.07, 6.45) is 0. The van der Waals surface area contributed by atoms with E-state index < -0.39 is 0 Å². The third-order valence-electron chi connectivity index (χ3n) is 2.82. The molecule has 0 aliphatic heterocycles. The van der Waals surface area contributed by atoms with E-state index in [9.17, 15) is 4.79 Å². The fourth-order valence-electron chi connectivity index (χ4n) is 1.67. The van der Waals surface area contributed by atoms with Gasteiger partial charge in [-0.25, -0.2) is 0 Å². The highest BCUT2D eigenvalue weighted by molar-refractivity contribution is 7.12. The van der Waals surface area contributed by atoms with Crippen LogP contribution in [0.25, 0.3) is 0 Å². The highest BCUT2D eigenvalue weighted by Crippen LogP contribution is 2.19. The molecule has 0 saturated carbocycles. The quantitative estimate of drug-likeness (QED) is 0.841. The summed E-state index contributed by atoms with van der Waals surface area (Å²) in [5, 5.41) is 1.92. The molecule has 0 radical (unpaired) electrons. The van der Waals surface area contributed by atoms with Crippen LogP contribution in [0, 0.1) is 0 Å². The monoisotopic (exact) mass is 245 g/mol. The maximum Gasteiger partial charge on any atom is 0.202 e. The van der Waals surface area contributed by atoms with Crippen LogP contribution in [0.1, 0.15) is 33.6 Å². The molecule has 1 heterocycles. The van der Waals surface area contributed by atoms with Gasteiger partial charge in [0.05, 0.1) is 4.88 Å². The van der Waals surface area contributed by atoms with Gasteiger partial charge in [0.25, 0.3) is 0 Å². The number of hydrogen-bond donors (Lipinski definition) is 1. The van der Waals surface area contributed by atoms with Gasteiger partial charge in [0, 0.05) is 5.56 Å². The van der Waals surface area contributed by atoms with Gasteiger partial charge in [-0.1, -0.05) is 31.2 Å². The standard InChI is InChI=1S/C14H15NOS/c1-10(9-15)11-4-2-5-12(8-11)14(16)13-6-3-7-17-13/h2-8,10H,9,15H2,1H3. The smallest absolute Gasteiger partial charge is 0.202 e. The molecule has 2 nitrogen and oxygen atoms in total.